The van der Waals surface area contributed by atoms with Gasteiger partial charge in [0.15, 0.2) is 5.69 Å². The van der Waals surface area contributed by atoms with E-state index in [-0.39, 0.29) is 18.1 Å². The maximum atomic E-state index is 12.6. The van der Waals surface area contributed by atoms with Crippen LogP contribution < -0.4 is 20.1 Å². The van der Waals surface area contributed by atoms with Crippen LogP contribution in [0.3, 0.4) is 0 Å². The molecule has 2 amide bonds. The Morgan fingerprint density at radius 1 is 0.871 bits per heavy atom. The van der Waals surface area contributed by atoms with Crippen molar-refractivity contribution in [3.8, 4) is 11.5 Å². The molecule has 0 saturated heterocycles. The van der Waals surface area contributed by atoms with Gasteiger partial charge in [-0.15, -0.1) is 5.10 Å². The molecular weight excluding hydrogens is 398 g/mol. The van der Waals surface area contributed by atoms with Crippen LogP contribution in [-0.2, 0) is 11.3 Å². The van der Waals surface area contributed by atoms with E-state index in [9.17, 15) is 9.59 Å². The average Bonchev–Trinajstić information content (AvgIpc) is 3.11. The van der Waals surface area contributed by atoms with Crippen LogP contribution in [0, 0.1) is 6.92 Å². The number of carbonyl (C=O) groups is 2. The maximum absolute atomic E-state index is 12.6. The predicted octanol–water partition coefficient (Wildman–Crippen LogP) is 3.27. The van der Waals surface area contributed by atoms with Crippen LogP contribution in [0.2, 0.25) is 0 Å². The minimum absolute atomic E-state index is 0.0671. The van der Waals surface area contributed by atoms with Gasteiger partial charge in [0.2, 0.25) is 5.91 Å². The van der Waals surface area contributed by atoms with Crippen LogP contribution in [0.5, 0.6) is 11.5 Å². The molecule has 162 valence electrons. The Labute approximate surface area is 180 Å². The van der Waals surface area contributed by atoms with E-state index >= 15 is 0 Å². The van der Waals surface area contributed by atoms with E-state index < -0.39 is 5.91 Å². The number of nitrogens with one attached hydrogen (secondary N) is 2. The minimum Gasteiger partial charge on any atom is -0.494 e. The number of hydrogen-bond acceptors (Lipinski definition) is 6. The van der Waals surface area contributed by atoms with E-state index in [1.54, 1.807) is 55.5 Å². The fraction of sp³-hybridized carbons (Fsp3) is 0.273. The van der Waals surface area contributed by atoms with E-state index in [0.717, 1.165) is 11.5 Å². The second kappa shape index (κ2) is 10.2. The summed E-state index contributed by atoms with van der Waals surface area (Å²) in [5.41, 5.74) is 1.89. The zero-order chi connectivity index (χ0) is 22.2. The van der Waals surface area contributed by atoms with Gasteiger partial charge >= 0.3 is 0 Å². The fourth-order valence-corrected chi connectivity index (χ4v) is 2.85. The molecule has 2 N–H and O–H groups in total. The van der Waals surface area contributed by atoms with Crippen LogP contribution in [0.1, 0.15) is 30.0 Å². The number of amides is 2. The average molecular weight is 423 g/mol. The van der Waals surface area contributed by atoms with E-state index in [0.29, 0.717) is 30.3 Å². The van der Waals surface area contributed by atoms with Crippen molar-refractivity contribution in [3.63, 3.8) is 0 Å². The van der Waals surface area contributed by atoms with E-state index in [2.05, 4.69) is 20.9 Å². The second-order valence-corrected chi connectivity index (χ2v) is 6.60. The molecule has 0 saturated carbocycles. The molecule has 0 aliphatic carbocycles. The molecule has 0 aliphatic rings. The normalized spacial score (nSPS) is 10.4. The van der Waals surface area contributed by atoms with Crippen LogP contribution in [0.25, 0.3) is 0 Å². The maximum Gasteiger partial charge on any atom is 0.278 e. The van der Waals surface area contributed by atoms with Gasteiger partial charge in [-0.1, -0.05) is 5.21 Å². The first-order valence-corrected chi connectivity index (χ1v) is 9.97. The lowest BCUT2D eigenvalue weighted by atomic mass is 10.2. The smallest absolute Gasteiger partial charge is 0.278 e. The van der Waals surface area contributed by atoms with Crippen molar-refractivity contribution in [1.29, 1.82) is 0 Å². The van der Waals surface area contributed by atoms with Crippen molar-refractivity contribution in [2.75, 3.05) is 23.8 Å². The molecular formula is C22H25N5O4. The van der Waals surface area contributed by atoms with Gasteiger partial charge in [0.05, 0.1) is 18.9 Å². The van der Waals surface area contributed by atoms with Crippen LogP contribution >= 0.6 is 0 Å². The number of carbonyl (C=O) groups excluding carboxylic acids is 2. The lowest BCUT2D eigenvalue weighted by Gasteiger charge is -2.08. The largest absolute Gasteiger partial charge is 0.494 e. The molecule has 31 heavy (non-hydrogen) atoms. The lowest BCUT2D eigenvalue weighted by Crippen LogP contribution is -2.21. The van der Waals surface area contributed by atoms with Gasteiger partial charge < -0.3 is 20.1 Å². The Balaban J connectivity index is 1.59. The summed E-state index contributed by atoms with van der Waals surface area (Å²) in [5.74, 6) is 0.771. The van der Waals surface area contributed by atoms with Crippen LogP contribution in [-0.4, -0.2) is 40.0 Å². The predicted molar refractivity (Wildman–Crippen MR) is 117 cm³/mol. The number of hydrogen-bond donors (Lipinski definition) is 2. The highest BCUT2D eigenvalue weighted by atomic mass is 16.5. The Kier molecular flexibility index (Phi) is 7.21. The van der Waals surface area contributed by atoms with Gasteiger partial charge in [-0.3, -0.25) is 9.59 Å². The SMILES string of the molecule is CCOc1ccc(NC(=O)Cn2nnc(C(=O)Nc3ccc(OCC)cc3)c2C)cc1. The summed E-state index contributed by atoms with van der Waals surface area (Å²) in [6.07, 6.45) is 0. The molecule has 3 rings (SSSR count). The summed E-state index contributed by atoms with van der Waals surface area (Å²) < 4.78 is 12.2. The number of aromatic nitrogens is 3. The third-order valence-corrected chi connectivity index (χ3v) is 4.36. The molecule has 0 unspecified atom stereocenters. The van der Waals surface area contributed by atoms with Gasteiger partial charge in [0.25, 0.3) is 5.91 Å². The van der Waals surface area contributed by atoms with Crippen molar-refractivity contribution in [1.82, 2.24) is 15.0 Å². The van der Waals surface area contributed by atoms with Crippen molar-refractivity contribution in [2.45, 2.75) is 27.3 Å². The highest BCUT2D eigenvalue weighted by Gasteiger charge is 2.18. The highest BCUT2D eigenvalue weighted by Crippen LogP contribution is 2.17. The van der Waals surface area contributed by atoms with Gasteiger partial charge in [-0.25, -0.2) is 4.68 Å². The van der Waals surface area contributed by atoms with E-state index in [1.807, 2.05) is 13.8 Å². The third-order valence-electron chi connectivity index (χ3n) is 4.36. The molecule has 1 aromatic heterocycles. The minimum atomic E-state index is -0.403. The summed E-state index contributed by atoms with van der Waals surface area (Å²) in [7, 11) is 0. The monoisotopic (exact) mass is 423 g/mol. The molecule has 0 atom stereocenters. The molecule has 3 aromatic rings. The molecule has 1 heterocycles. The van der Waals surface area contributed by atoms with Crippen molar-refractivity contribution < 1.29 is 19.1 Å². The van der Waals surface area contributed by atoms with E-state index in [4.69, 9.17) is 9.47 Å². The summed E-state index contributed by atoms with van der Waals surface area (Å²) in [5, 5.41) is 13.4. The Morgan fingerprint density at radius 3 is 1.90 bits per heavy atom. The second-order valence-electron chi connectivity index (χ2n) is 6.60. The number of rotatable bonds is 9. The zero-order valence-corrected chi connectivity index (χ0v) is 17.7. The number of anilines is 2. The molecule has 9 heteroatoms. The standard InChI is InChI=1S/C22H25N5O4/c1-4-30-18-10-6-16(7-11-18)23-20(28)14-27-15(3)21(25-26-27)22(29)24-17-8-12-19(13-9-17)31-5-2/h6-13H,4-5,14H2,1-3H3,(H,23,28)(H,24,29). The highest BCUT2D eigenvalue weighted by molar-refractivity contribution is 6.03. The zero-order valence-electron chi connectivity index (χ0n) is 17.7. The number of benzene rings is 2. The first-order chi connectivity index (χ1) is 15.0. The number of nitrogens with zero attached hydrogens (tertiary/aromatic N) is 3. The van der Waals surface area contributed by atoms with Crippen molar-refractivity contribution in [3.05, 3.63) is 59.9 Å². The summed E-state index contributed by atoms with van der Waals surface area (Å²) >= 11 is 0. The summed E-state index contributed by atoms with van der Waals surface area (Å²) in [6.45, 7) is 6.58. The third kappa shape index (κ3) is 5.81. The lowest BCUT2D eigenvalue weighted by molar-refractivity contribution is -0.117. The summed E-state index contributed by atoms with van der Waals surface area (Å²) in [6, 6.07) is 14.1. The molecule has 0 fully saturated rings. The molecule has 2 aromatic carbocycles. The molecule has 0 spiro atoms. The fourth-order valence-electron chi connectivity index (χ4n) is 2.85. The van der Waals surface area contributed by atoms with Crippen LogP contribution in [0.15, 0.2) is 48.5 Å². The molecule has 0 bridgehead atoms. The number of ether oxygens (including phenoxy) is 2. The first-order valence-electron chi connectivity index (χ1n) is 9.97. The Bertz CT molecular complexity index is 1030. The van der Waals surface area contributed by atoms with E-state index in [1.165, 1.54) is 4.68 Å². The van der Waals surface area contributed by atoms with Crippen molar-refractivity contribution in [2.24, 2.45) is 0 Å². The Morgan fingerprint density at radius 2 is 1.39 bits per heavy atom. The Hall–Kier alpha value is -3.88. The van der Waals surface area contributed by atoms with Gasteiger partial charge in [-0.05, 0) is 69.3 Å². The van der Waals surface area contributed by atoms with Gasteiger partial charge in [0, 0.05) is 11.4 Å². The van der Waals surface area contributed by atoms with Gasteiger partial charge in [-0.2, -0.15) is 0 Å². The van der Waals surface area contributed by atoms with Gasteiger partial charge in [0.1, 0.15) is 18.0 Å². The van der Waals surface area contributed by atoms with Crippen LogP contribution in [0.4, 0.5) is 11.4 Å². The first kappa shape index (κ1) is 21.8. The molecule has 9 nitrogen and oxygen atoms in total. The molecule has 0 radical (unpaired) electrons. The quantitative estimate of drug-likeness (QED) is 0.547. The van der Waals surface area contributed by atoms with Crippen molar-refractivity contribution >= 4 is 23.2 Å². The molecule has 0 aliphatic heterocycles. The topological polar surface area (TPSA) is 107 Å². The summed E-state index contributed by atoms with van der Waals surface area (Å²) in [4.78, 5) is 24.9.